The summed E-state index contributed by atoms with van der Waals surface area (Å²) in [6.45, 7) is 1.11. The first kappa shape index (κ1) is 21.8. The van der Waals surface area contributed by atoms with E-state index in [0.717, 1.165) is 5.56 Å². The predicted molar refractivity (Wildman–Crippen MR) is 108 cm³/mol. The quantitative estimate of drug-likeness (QED) is 0.446. The van der Waals surface area contributed by atoms with Crippen LogP contribution in [0.1, 0.15) is 22.8 Å². The first-order valence-electron chi connectivity index (χ1n) is 8.86. The molecule has 0 saturated heterocycles. The van der Waals surface area contributed by atoms with Gasteiger partial charge in [-0.25, -0.2) is 4.79 Å². The maximum atomic E-state index is 12.4. The molecule has 0 saturated carbocycles. The van der Waals surface area contributed by atoms with Gasteiger partial charge in [-0.3, -0.25) is 4.79 Å². The van der Waals surface area contributed by atoms with Crippen LogP contribution in [0.3, 0.4) is 0 Å². The number of rotatable bonds is 10. The van der Waals surface area contributed by atoms with Crippen molar-refractivity contribution in [1.29, 1.82) is 0 Å². The summed E-state index contributed by atoms with van der Waals surface area (Å²) in [7, 11) is 4.46. The first-order chi connectivity index (χ1) is 14.0. The van der Waals surface area contributed by atoms with Crippen molar-refractivity contribution in [2.45, 2.75) is 6.92 Å². The Morgan fingerprint density at radius 3 is 2.24 bits per heavy atom. The number of benzene rings is 2. The lowest BCUT2D eigenvalue weighted by atomic mass is 10.1. The Morgan fingerprint density at radius 2 is 1.59 bits per heavy atom. The molecule has 0 amide bonds. The lowest BCUT2D eigenvalue weighted by Gasteiger charge is -2.12. The second-order valence-electron chi connectivity index (χ2n) is 5.85. The van der Waals surface area contributed by atoms with E-state index in [1.807, 2.05) is 25.1 Å². The van der Waals surface area contributed by atoms with Gasteiger partial charge in [-0.15, -0.1) is 0 Å². The molecule has 0 aliphatic rings. The maximum Gasteiger partial charge on any atom is 0.344 e. The highest BCUT2D eigenvalue weighted by molar-refractivity contribution is 6.00. The van der Waals surface area contributed by atoms with E-state index in [-0.39, 0.29) is 12.2 Å². The lowest BCUT2D eigenvalue weighted by molar-refractivity contribution is -0.144. The molecule has 0 aliphatic carbocycles. The minimum Gasteiger partial charge on any atom is -0.497 e. The molecule has 0 unspecified atom stereocenters. The molecule has 7 heteroatoms. The monoisotopic (exact) mass is 400 g/mol. The topological polar surface area (TPSA) is 80.3 Å². The Kier molecular flexibility index (Phi) is 8.09. The van der Waals surface area contributed by atoms with E-state index in [9.17, 15) is 9.59 Å². The highest BCUT2D eigenvalue weighted by Crippen LogP contribution is 2.28. The second kappa shape index (κ2) is 10.8. The maximum absolute atomic E-state index is 12.4. The number of carbonyl (C=O) groups is 2. The highest BCUT2D eigenvalue weighted by atomic mass is 16.6. The summed E-state index contributed by atoms with van der Waals surface area (Å²) in [5.74, 6) is 0.664. The van der Waals surface area contributed by atoms with E-state index in [0.29, 0.717) is 23.0 Å². The second-order valence-corrected chi connectivity index (χ2v) is 5.85. The molecule has 2 rings (SSSR count). The molecule has 2 aromatic rings. The Labute approximate surface area is 169 Å². The van der Waals surface area contributed by atoms with Crippen LogP contribution in [-0.2, 0) is 9.53 Å². The number of ether oxygens (including phenoxy) is 5. The molecular weight excluding hydrogens is 376 g/mol. The molecular formula is C22H24O7. The molecule has 0 fully saturated rings. The van der Waals surface area contributed by atoms with Crippen LogP contribution in [0.5, 0.6) is 23.0 Å². The summed E-state index contributed by atoms with van der Waals surface area (Å²) in [5.41, 5.74) is 1.21. The van der Waals surface area contributed by atoms with Crippen LogP contribution in [0.25, 0.3) is 6.08 Å². The molecule has 0 aliphatic heterocycles. The van der Waals surface area contributed by atoms with Gasteiger partial charge in [0.1, 0.15) is 11.5 Å². The summed E-state index contributed by atoms with van der Waals surface area (Å²) < 4.78 is 26.0. The largest absolute Gasteiger partial charge is 0.497 e. The molecule has 0 N–H and O–H groups in total. The molecule has 154 valence electrons. The van der Waals surface area contributed by atoms with Crippen molar-refractivity contribution in [2.24, 2.45) is 0 Å². The van der Waals surface area contributed by atoms with Crippen LogP contribution in [0.15, 0.2) is 42.5 Å². The summed E-state index contributed by atoms with van der Waals surface area (Å²) in [5, 5.41) is 0. The molecule has 0 aromatic heterocycles. The van der Waals surface area contributed by atoms with Gasteiger partial charge in [-0.1, -0.05) is 18.2 Å². The molecule has 7 nitrogen and oxygen atoms in total. The van der Waals surface area contributed by atoms with Crippen molar-refractivity contribution >= 4 is 17.8 Å². The summed E-state index contributed by atoms with van der Waals surface area (Å²) in [6.07, 6.45) is 3.82. The lowest BCUT2D eigenvalue weighted by Crippen LogP contribution is -2.20. The van der Waals surface area contributed by atoms with Gasteiger partial charge in [0, 0.05) is 0 Å². The van der Waals surface area contributed by atoms with Crippen LogP contribution < -0.4 is 18.9 Å². The standard InChI is InChI=1S/C22H24O7/c1-5-6-15-7-9-20(21(11-15)27-4)28-14-22(24)29-13-18(23)17-12-16(25-2)8-10-19(17)26-3/h5-12H,13-14H2,1-4H3/b6-5+. The number of carbonyl (C=O) groups excluding carboxylic acids is 2. The molecule has 0 spiro atoms. The number of ketones is 1. The summed E-state index contributed by atoms with van der Waals surface area (Å²) in [6, 6.07) is 10.1. The molecule has 0 heterocycles. The van der Waals surface area contributed by atoms with Crippen molar-refractivity contribution in [3.63, 3.8) is 0 Å². The van der Waals surface area contributed by atoms with Crippen molar-refractivity contribution in [2.75, 3.05) is 34.5 Å². The van der Waals surface area contributed by atoms with E-state index in [4.69, 9.17) is 23.7 Å². The van der Waals surface area contributed by atoms with Crippen molar-refractivity contribution in [3.8, 4) is 23.0 Å². The Hall–Kier alpha value is -3.48. The van der Waals surface area contributed by atoms with Crippen LogP contribution >= 0.6 is 0 Å². The number of hydrogen-bond donors (Lipinski definition) is 0. The molecule has 2 aromatic carbocycles. The van der Waals surface area contributed by atoms with E-state index < -0.39 is 18.4 Å². The van der Waals surface area contributed by atoms with Gasteiger partial charge in [-0.05, 0) is 42.8 Å². The molecule has 29 heavy (non-hydrogen) atoms. The molecule has 0 atom stereocenters. The molecule has 0 radical (unpaired) electrons. The zero-order valence-corrected chi connectivity index (χ0v) is 16.9. The Balaban J connectivity index is 1.94. The van der Waals surface area contributed by atoms with Gasteiger partial charge in [0.05, 0.1) is 26.9 Å². The van der Waals surface area contributed by atoms with Gasteiger partial charge in [0.2, 0.25) is 5.78 Å². The number of esters is 1. The van der Waals surface area contributed by atoms with Crippen molar-refractivity contribution in [1.82, 2.24) is 0 Å². The van der Waals surface area contributed by atoms with Crippen LogP contribution in [-0.4, -0.2) is 46.3 Å². The van der Waals surface area contributed by atoms with Crippen molar-refractivity contribution < 1.29 is 33.3 Å². The minimum absolute atomic E-state index is 0.266. The Morgan fingerprint density at radius 1 is 0.862 bits per heavy atom. The average molecular weight is 400 g/mol. The number of Topliss-reactive ketones (excluding diaryl/α,β-unsaturated/α-hetero) is 1. The SMILES string of the molecule is C/C=C/c1ccc(OCC(=O)OCC(=O)c2cc(OC)ccc2OC)c(OC)c1. The summed E-state index contributed by atoms with van der Waals surface area (Å²) in [4.78, 5) is 24.4. The number of methoxy groups -OCH3 is 3. The van der Waals surface area contributed by atoms with Crippen LogP contribution in [0.2, 0.25) is 0 Å². The number of hydrogen-bond acceptors (Lipinski definition) is 7. The third-order valence-corrected chi connectivity index (χ3v) is 3.96. The smallest absolute Gasteiger partial charge is 0.344 e. The third-order valence-electron chi connectivity index (χ3n) is 3.96. The van der Waals surface area contributed by atoms with E-state index >= 15 is 0 Å². The zero-order valence-electron chi connectivity index (χ0n) is 16.9. The van der Waals surface area contributed by atoms with Gasteiger partial charge < -0.3 is 23.7 Å². The van der Waals surface area contributed by atoms with Gasteiger partial charge in [0.15, 0.2) is 24.7 Å². The Bertz CT molecular complexity index is 887. The van der Waals surface area contributed by atoms with Gasteiger partial charge in [-0.2, -0.15) is 0 Å². The first-order valence-corrected chi connectivity index (χ1v) is 8.86. The zero-order chi connectivity index (χ0) is 21.2. The van der Waals surface area contributed by atoms with Gasteiger partial charge >= 0.3 is 5.97 Å². The fourth-order valence-electron chi connectivity index (χ4n) is 2.53. The highest BCUT2D eigenvalue weighted by Gasteiger charge is 2.16. The van der Waals surface area contributed by atoms with E-state index in [2.05, 4.69) is 0 Å². The predicted octanol–water partition coefficient (Wildman–Crippen LogP) is 3.55. The number of allylic oxidation sites excluding steroid dienone is 1. The normalized spacial score (nSPS) is 10.5. The third kappa shape index (κ3) is 6.00. The van der Waals surface area contributed by atoms with Crippen LogP contribution in [0.4, 0.5) is 0 Å². The minimum atomic E-state index is -0.681. The molecule has 0 bridgehead atoms. The summed E-state index contributed by atoms with van der Waals surface area (Å²) >= 11 is 0. The fraction of sp³-hybridized carbons (Fsp3) is 0.273. The van der Waals surface area contributed by atoms with E-state index in [1.54, 1.807) is 24.3 Å². The van der Waals surface area contributed by atoms with Crippen LogP contribution in [0, 0.1) is 0 Å². The van der Waals surface area contributed by atoms with Crippen molar-refractivity contribution in [3.05, 3.63) is 53.6 Å². The van der Waals surface area contributed by atoms with Gasteiger partial charge in [0.25, 0.3) is 0 Å². The fourth-order valence-corrected chi connectivity index (χ4v) is 2.53. The average Bonchev–Trinajstić information content (AvgIpc) is 2.76. The van der Waals surface area contributed by atoms with E-state index in [1.165, 1.54) is 27.4 Å².